The van der Waals surface area contributed by atoms with Gasteiger partial charge in [-0.3, -0.25) is 4.98 Å². The maximum atomic E-state index is 4.95. The van der Waals surface area contributed by atoms with Crippen LogP contribution in [0.15, 0.2) is 23.8 Å². The number of aryl methyl sites for hydroxylation is 2. The molecular formula is C20H25N. The quantitative estimate of drug-likeness (QED) is 0.721. The summed E-state index contributed by atoms with van der Waals surface area (Å²) in [7, 11) is 0. The third-order valence-electron chi connectivity index (χ3n) is 4.88. The molecule has 1 aliphatic carbocycles. The van der Waals surface area contributed by atoms with Gasteiger partial charge in [0.1, 0.15) is 0 Å². The topological polar surface area (TPSA) is 12.9 Å². The smallest absolute Gasteiger partial charge is 0.0711 e. The van der Waals surface area contributed by atoms with Crippen LogP contribution in [0, 0.1) is 0 Å². The summed E-state index contributed by atoms with van der Waals surface area (Å²) in [4.78, 5) is 4.95. The molecule has 0 unspecified atom stereocenters. The SMILES string of the molecule is CCC1=C(CC)c2c(c(CC)nc3ccc(CC)cc23)C1. The Morgan fingerprint density at radius 1 is 0.952 bits per heavy atom. The van der Waals surface area contributed by atoms with E-state index in [0.29, 0.717) is 0 Å². The normalized spacial score (nSPS) is 14.1. The molecule has 0 fully saturated rings. The van der Waals surface area contributed by atoms with Crippen LogP contribution < -0.4 is 0 Å². The molecule has 1 heteroatoms. The van der Waals surface area contributed by atoms with Crippen molar-refractivity contribution in [2.45, 2.75) is 59.8 Å². The zero-order valence-electron chi connectivity index (χ0n) is 13.7. The minimum absolute atomic E-state index is 1.03. The Morgan fingerprint density at radius 2 is 1.76 bits per heavy atom. The van der Waals surface area contributed by atoms with Crippen LogP contribution >= 0.6 is 0 Å². The van der Waals surface area contributed by atoms with Crippen LogP contribution in [0.2, 0.25) is 0 Å². The summed E-state index contributed by atoms with van der Waals surface area (Å²) in [5.74, 6) is 0. The van der Waals surface area contributed by atoms with Crippen LogP contribution in [0.3, 0.4) is 0 Å². The van der Waals surface area contributed by atoms with Crippen molar-refractivity contribution in [1.29, 1.82) is 0 Å². The molecule has 0 spiro atoms. The van der Waals surface area contributed by atoms with Gasteiger partial charge >= 0.3 is 0 Å². The fraction of sp³-hybridized carbons (Fsp3) is 0.450. The lowest BCUT2D eigenvalue weighted by molar-refractivity contribution is 0.969. The molecule has 1 aromatic heterocycles. The second-order valence-corrected chi connectivity index (χ2v) is 5.94. The Balaban J connectivity index is 2.36. The highest BCUT2D eigenvalue weighted by molar-refractivity contribution is 5.96. The van der Waals surface area contributed by atoms with Gasteiger partial charge in [-0.1, -0.05) is 39.3 Å². The monoisotopic (exact) mass is 279 g/mol. The number of hydrogen-bond donors (Lipinski definition) is 0. The van der Waals surface area contributed by atoms with E-state index in [4.69, 9.17) is 4.98 Å². The molecule has 0 bridgehead atoms. The first-order chi connectivity index (χ1) is 10.2. The van der Waals surface area contributed by atoms with Crippen molar-refractivity contribution in [3.8, 4) is 0 Å². The van der Waals surface area contributed by atoms with Gasteiger partial charge in [-0.2, -0.15) is 0 Å². The van der Waals surface area contributed by atoms with E-state index in [9.17, 15) is 0 Å². The predicted octanol–water partition coefficient (Wildman–Crippen LogP) is 5.49. The number of rotatable bonds is 4. The number of fused-ring (bicyclic) bond motifs is 3. The third kappa shape index (κ3) is 2.19. The van der Waals surface area contributed by atoms with E-state index >= 15 is 0 Å². The minimum Gasteiger partial charge on any atom is -0.253 e. The number of aromatic nitrogens is 1. The summed E-state index contributed by atoms with van der Waals surface area (Å²) in [6, 6.07) is 6.81. The number of nitrogens with zero attached hydrogens (tertiary/aromatic N) is 1. The second-order valence-electron chi connectivity index (χ2n) is 5.94. The molecule has 2 aromatic rings. The summed E-state index contributed by atoms with van der Waals surface area (Å²) in [5, 5.41) is 1.38. The predicted molar refractivity (Wildman–Crippen MR) is 91.7 cm³/mol. The lowest BCUT2D eigenvalue weighted by atomic mass is 9.95. The number of allylic oxidation sites excluding steroid dienone is 2. The maximum Gasteiger partial charge on any atom is 0.0711 e. The first-order valence-electron chi connectivity index (χ1n) is 8.38. The van der Waals surface area contributed by atoms with Crippen LogP contribution in [0.1, 0.15) is 62.9 Å². The molecule has 21 heavy (non-hydrogen) atoms. The van der Waals surface area contributed by atoms with Crippen molar-refractivity contribution in [2.75, 3.05) is 0 Å². The Morgan fingerprint density at radius 3 is 2.38 bits per heavy atom. The van der Waals surface area contributed by atoms with Gasteiger partial charge in [0, 0.05) is 11.1 Å². The van der Waals surface area contributed by atoms with Crippen LogP contribution in [-0.2, 0) is 19.3 Å². The van der Waals surface area contributed by atoms with Gasteiger partial charge in [0.2, 0.25) is 0 Å². The van der Waals surface area contributed by atoms with Gasteiger partial charge in [0.05, 0.1) is 5.52 Å². The van der Waals surface area contributed by atoms with E-state index in [-0.39, 0.29) is 0 Å². The molecule has 0 aliphatic heterocycles. The molecule has 0 radical (unpaired) electrons. The Kier molecular flexibility index (Phi) is 3.84. The van der Waals surface area contributed by atoms with Crippen molar-refractivity contribution in [3.05, 3.63) is 46.2 Å². The Labute approximate surface area is 128 Å². The molecule has 3 rings (SSSR count). The van der Waals surface area contributed by atoms with Crippen molar-refractivity contribution in [3.63, 3.8) is 0 Å². The molecule has 1 nitrogen and oxygen atoms in total. The molecule has 0 amide bonds. The molecule has 0 N–H and O–H groups in total. The molecule has 0 saturated heterocycles. The van der Waals surface area contributed by atoms with Crippen LogP contribution in [-0.4, -0.2) is 4.98 Å². The Hall–Kier alpha value is -1.63. The van der Waals surface area contributed by atoms with E-state index < -0.39 is 0 Å². The van der Waals surface area contributed by atoms with Crippen LogP contribution in [0.5, 0.6) is 0 Å². The summed E-state index contributed by atoms with van der Waals surface area (Å²) in [5.41, 5.74) is 10.1. The molecule has 0 atom stereocenters. The van der Waals surface area contributed by atoms with Gasteiger partial charge in [0.15, 0.2) is 0 Å². The summed E-state index contributed by atoms with van der Waals surface area (Å²) in [6.07, 6.45) is 5.54. The third-order valence-corrected chi connectivity index (χ3v) is 4.88. The van der Waals surface area contributed by atoms with Gasteiger partial charge in [-0.05, 0) is 66.5 Å². The molecular weight excluding hydrogens is 254 g/mol. The fourth-order valence-corrected chi connectivity index (χ4v) is 3.71. The summed E-state index contributed by atoms with van der Waals surface area (Å²) < 4.78 is 0. The van der Waals surface area contributed by atoms with E-state index in [2.05, 4.69) is 45.9 Å². The lowest BCUT2D eigenvalue weighted by Gasteiger charge is -2.13. The van der Waals surface area contributed by atoms with Gasteiger partial charge in [-0.15, -0.1) is 0 Å². The number of pyridine rings is 1. The molecule has 1 aromatic carbocycles. The Bertz CT molecular complexity index is 722. The highest BCUT2D eigenvalue weighted by Crippen LogP contribution is 2.41. The fourth-order valence-electron chi connectivity index (χ4n) is 3.71. The van der Waals surface area contributed by atoms with Crippen molar-refractivity contribution < 1.29 is 0 Å². The van der Waals surface area contributed by atoms with Crippen LogP contribution in [0.25, 0.3) is 16.5 Å². The molecule has 1 aliphatic rings. The number of benzene rings is 1. The summed E-state index contributed by atoms with van der Waals surface area (Å²) >= 11 is 0. The van der Waals surface area contributed by atoms with Crippen molar-refractivity contribution in [1.82, 2.24) is 4.98 Å². The van der Waals surface area contributed by atoms with E-state index in [0.717, 1.165) is 32.1 Å². The first kappa shape index (κ1) is 14.3. The lowest BCUT2D eigenvalue weighted by Crippen LogP contribution is -2.00. The van der Waals surface area contributed by atoms with Gasteiger partial charge < -0.3 is 0 Å². The standard InChI is InChI=1S/C20H25N/c1-5-13-9-10-19-16(11-13)20-15(7-3)14(6-2)12-17(20)18(8-4)21-19/h9-11H,5-8,12H2,1-4H3. The highest BCUT2D eigenvalue weighted by Gasteiger charge is 2.24. The molecule has 0 saturated carbocycles. The number of hydrogen-bond acceptors (Lipinski definition) is 1. The largest absolute Gasteiger partial charge is 0.253 e. The maximum absolute atomic E-state index is 4.95. The van der Waals surface area contributed by atoms with Crippen molar-refractivity contribution >= 4 is 16.5 Å². The minimum atomic E-state index is 1.03. The first-order valence-corrected chi connectivity index (χ1v) is 8.38. The second kappa shape index (κ2) is 5.63. The average Bonchev–Trinajstić information content (AvgIpc) is 2.92. The molecule has 110 valence electrons. The molecule has 1 heterocycles. The van der Waals surface area contributed by atoms with E-state index in [1.165, 1.54) is 33.3 Å². The van der Waals surface area contributed by atoms with E-state index in [1.54, 1.807) is 11.1 Å². The average molecular weight is 279 g/mol. The summed E-state index contributed by atoms with van der Waals surface area (Å²) in [6.45, 7) is 9.03. The van der Waals surface area contributed by atoms with E-state index in [1.807, 2.05) is 0 Å². The van der Waals surface area contributed by atoms with Gasteiger partial charge in [0.25, 0.3) is 0 Å². The van der Waals surface area contributed by atoms with Crippen molar-refractivity contribution in [2.24, 2.45) is 0 Å². The zero-order chi connectivity index (χ0) is 15.0. The zero-order valence-corrected chi connectivity index (χ0v) is 13.7. The highest BCUT2D eigenvalue weighted by atomic mass is 14.7. The van der Waals surface area contributed by atoms with Gasteiger partial charge in [-0.25, -0.2) is 0 Å². The van der Waals surface area contributed by atoms with Crippen LogP contribution in [0.4, 0.5) is 0 Å².